The van der Waals surface area contributed by atoms with Crippen molar-refractivity contribution in [1.82, 2.24) is 5.32 Å². The highest BCUT2D eigenvalue weighted by Crippen LogP contribution is 2.20. The molecular formula is C19H18ClNOS. The highest BCUT2D eigenvalue weighted by molar-refractivity contribution is 7.09. The van der Waals surface area contributed by atoms with Gasteiger partial charge in [-0.3, -0.25) is 0 Å². The van der Waals surface area contributed by atoms with Gasteiger partial charge >= 0.3 is 0 Å². The zero-order valence-corrected chi connectivity index (χ0v) is 14.2. The van der Waals surface area contributed by atoms with E-state index in [0.29, 0.717) is 6.61 Å². The fourth-order valence-corrected chi connectivity index (χ4v) is 3.07. The topological polar surface area (TPSA) is 21.3 Å². The second kappa shape index (κ2) is 8.16. The largest absolute Gasteiger partial charge is 0.489 e. The molecule has 0 radical (unpaired) electrons. The average Bonchev–Trinajstić information content (AvgIpc) is 3.09. The molecule has 0 fully saturated rings. The van der Waals surface area contributed by atoms with E-state index in [1.807, 2.05) is 42.5 Å². The highest BCUT2D eigenvalue weighted by Gasteiger charge is 2.04. The number of nitrogens with one attached hydrogen (secondary N) is 1. The third-order valence-electron chi connectivity index (χ3n) is 3.47. The van der Waals surface area contributed by atoms with E-state index in [1.165, 1.54) is 4.88 Å². The Balaban J connectivity index is 1.57. The normalized spacial score (nSPS) is 10.7. The van der Waals surface area contributed by atoms with Crippen LogP contribution in [0.3, 0.4) is 0 Å². The van der Waals surface area contributed by atoms with Crippen LogP contribution in [-0.4, -0.2) is 0 Å². The predicted molar refractivity (Wildman–Crippen MR) is 97.1 cm³/mol. The molecule has 0 aliphatic heterocycles. The zero-order valence-electron chi connectivity index (χ0n) is 12.7. The van der Waals surface area contributed by atoms with Crippen LogP contribution in [0.2, 0.25) is 5.02 Å². The first kappa shape index (κ1) is 16.1. The third kappa shape index (κ3) is 4.83. The number of ether oxygens (including phenoxy) is 1. The third-order valence-corrected chi connectivity index (χ3v) is 4.60. The summed E-state index contributed by atoms with van der Waals surface area (Å²) >= 11 is 7.67. The van der Waals surface area contributed by atoms with Crippen LogP contribution in [0.1, 0.15) is 16.0 Å². The van der Waals surface area contributed by atoms with Gasteiger partial charge in [-0.05, 0) is 35.2 Å². The second-order valence-electron chi connectivity index (χ2n) is 5.21. The van der Waals surface area contributed by atoms with Gasteiger partial charge in [-0.2, -0.15) is 0 Å². The zero-order chi connectivity index (χ0) is 15.9. The number of benzene rings is 2. The van der Waals surface area contributed by atoms with E-state index >= 15 is 0 Å². The molecule has 1 heterocycles. The first-order valence-corrected chi connectivity index (χ1v) is 8.75. The molecule has 0 atom stereocenters. The van der Waals surface area contributed by atoms with Crippen molar-refractivity contribution in [2.75, 3.05) is 0 Å². The molecule has 0 spiro atoms. The maximum atomic E-state index is 5.97. The van der Waals surface area contributed by atoms with Crippen LogP contribution < -0.4 is 10.1 Å². The van der Waals surface area contributed by atoms with Gasteiger partial charge in [0.15, 0.2) is 0 Å². The molecule has 118 valence electrons. The van der Waals surface area contributed by atoms with Crippen LogP contribution >= 0.6 is 22.9 Å². The van der Waals surface area contributed by atoms with Crippen LogP contribution in [0.4, 0.5) is 0 Å². The van der Waals surface area contributed by atoms with Crippen molar-refractivity contribution < 1.29 is 4.74 Å². The fourth-order valence-electron chi connectivity index (χ4n) is 2.27. The van der Waals surface area contributed by atoms with Gasteiger partial charge in [0.2, 0.25) is 0 Å². The molecule has 3 rings (SSSR count). The molecule has 0 saturated carbocycles. The Hall–Kier alpha value is -1.81. The summed E-state index contributed by atoms with van der Waals surface area (Å²) in [5, 5.41) is 6.30. The quantitative estimate of drug-likeness (QED) is 0.631. The van der Waals surface area contributed by atoms with Crippen LogP contribution in [0.15, 0.2) is 66.0 Å². The number of halogens is 1. The van der Waals surface area contributed by atoms with Crippen molar-refractivity contribution in [3.63, 3.8) is 0 Å². The molecule has 0 saturated heterocycles. The van der Waals surface area contributed by atoms with Crippen LogP contribution in [0, 0.1) is 0 Å². The van der Waals surface area contributed by atoms with Crippen LogP contribution in [0.25, 0.3) is 0 Å². The maximum absolute atomic E-state index is 5.97. The molecule has 4 heteroatoms. The summed E-state index contributed by atoms with van der Waals surface area (Å²) in [7, 11) is 0. The maximum Gasteiger partial charge on any atom is 0.124 e. The minimum absolute atomic E-state index is 0.541. The smallest absolute Gasteiger partial charge is 0.124 e. The van der Waals surface area contributed by atoms with Crippen molar-refractivity contribution >= 4 is 22.9 Å². The van der Waals surface area contributed by atoms with Gasteiger partial charge in [0, 0.05) is 28.6 Å². The lowest BCUT2D eigenvalue weighted by molar-refractivity contribution is 0.302. The summed E-state index contributed by atoms with van der Waals surface area (Å²) < 4.78 is 5.97. The molecule has 1 N–H and O–H groups in total. The first-order valence-electron chi connectivity index (χ1n) is 7.49. The lowest BCUT2D eigenvalue weighted by atomic mass is 10.2. The SMILES string of the molecule is Clc1ccc(COc2ccccc2CNCc2cccs2)cc1. The van der Waals surface area contributed by atoms with Gasteiger partial charge in [-0.1, -0.05) is 48.0 Å². The minimum atomic E-state index is 0.541. The van der Waals surface area contributed by atoms with Gasteiger partial charge in [-0.15, -0.1) is 11.3 Å². The lowest BCUT2D eigenvalue weighted by Gasteiger charge is -2.12. The Labute approximate surface area is 145 Å². The van der Waals surface area contributed by atoms with Gasteiger partial charge in [-0.25, -0.2) is 0 Å². The van der Waals surface area contributed by atoms with Crippen molar-refractivity contribution in [2.24, 2.45) is 0 Å². The second-order valence-corrected chi connectivity index (χ2v) is 6.67. The number of rotatable bonds is 7. The molecule has 0 aliphatic carbocycles. The summed E-state index contributed by atoms with van der Waals surface area (Å²) in [6.45, 7) is 2.21. The van der Waals surface area contributed by atoms with E-state index in [-0.39, 0.29) is 0 Å². The van der Waals surface area contributed by atoms with Crippen molar-refractivity contribution in [3.05, 3.63) is 87.1 Å². The van der Waals surface area contributed by atoms with Gasteiger partial charge in [0.1, 0.15) is 12.4 Å². The van der Waals surface area contributed by atoms with E-state index in [9.17, 15) is 0 Å². The Morgan fingerprint density at radius 3 is 2.52 bits per heavy atom. The number of hydrogen-bond acceptors (Lipinski definition) is 3. The summed E-state index contributed by atoms with van der Waals surface area (Å²) in [5.41, 5.74) is 2.27. The molecule has 0 unspecified atom stereocenters. The Bertz CT molecular complexity index is 725. The average molecular weight is 344 g/mol. The molecule has 0 bridgehead atoms. The molecule has 2 aromatic carbocycles. The number of thiophene rings is 1. The molecule has 23 heavy (non-hydrogen) atoms. The van der Waals surface area contributed by atoms with Crippen LogP contribution in [-0.2, 0) is 19.7 Å². The standard InChI is InChI=1S/C19H18ClNOS/c20-17-9-7-15(8-10-17)14-22-19-6-2-1-4-16(19)12-21-13-18-5-3-11-23-18/h1-11,21H,12-14H2. The molecule has 0 aliphatic rings. The summed E-state index contributed by atoms with van der Waals surface area (Å²) in [5.74, 6) is 0.918. The fraction of sp³-hybridized carbons (Fsp3) is 0.158. The summed E-state index contributed by atoms with van der Waals surface area (Å²) in [4.78, 5) is 1.34. The van der Waals surface area contributed by atoms with E-state index in [4.69, 9.17) is 16.3 Å². The minimum Gasteiger partial charge on any atom is -0.489 e. The van der Waals surface area contributed by atoms with Crippen molar-refractivity contribution in [2.45, 2.75) is 19.7 Å². The van der Waals surface area contributed by atoms with Gasteiger partial charge < -0.3 is 10.1 Å². The predicted octanol–water partition coefficient (Wildman–Crippen LogP) is 5.27. The molecule has 0 amide bonds. The van der Waals surface area contributed by atoms with E-state index in [0.717, 1.165) is 35.0 Å². The van der Waals surface area contributed by atoms with E-state index in [2.05, 4.69) is 28.9 Å². The Morgan fingerprint density at radius 1 is 0.913 bits per heavy atom. The highest BCUT2D eigenvalue weighted by atomic mass is 35.5. The number of para-hydroxylation sites is 1. The molecular weight excluding hydrogens is 326 g/mol. The molecule has 2 nitrogen and oxygen atoms in total. The van der Waals surface area contributed by atoms with E-state index in [1.54, 1.807) is 11.3 Å². The van der Waals surface area contributed by atoms with Crippen LogP contribution in [0.5, 0.6) is 5.75 Å². The summed E-state index contributed by atoms with van der Waals surface area (Å²) in [6, 6.07) is 20.1. The van der Waals surface area contributed by atoms with Gasteiger partial charge in [0.25, 0.3) is 0 Å². The summed E-state index contributed by atoms with van der Waals surface area (Å²) in [6.07, 6.45) is 0. The Morgan fingerprint density at radius 2 is 1.74 bits per heavy atom. The van der Waals surface area contributed by atoms with Crippen molar-refractivity contribution in [3.8, 4) is 5.75 Å². The van der Waals surface area contributed by atoms with Crippen molar-refractivity contribution in [1.29, 1.82) is 0 Å². The monoisotopic (exact) mass is 343 g/mol. The lowest BCUT2D eigenvalue weighted by Crippen LogP contribution is -2.12. The number of hydrogen-bond donors (Lipinski definition) is 1. The Kier molecular flexibility index (Phi) is 5.70. The van der Waals surface area contributed by atoms with E-state index < -0.39 is 0 Å². The van der Waals surface area contributed by atoms with Gasteiger partial charge in [0.05, 0.1) is 0 Å². The first-order chi connectivity index (χ1) is 11.3. The molecule has 3 aromatic rings. The molecule has 1 aromatic heterocycles.